The summed E-state index contributed by atoms with van der Waals surface area (Å²) in [7, 11) is 0. The number of carboxylic acid groups (broad SMARTS) is 3. The first kappa shape index (κ1) is 14.3. The molecule has 0 aromatic carbocycles. The van der Waals surface area contributed by atoms with Crippen LogP contribution in [0.5, 0.6) is 0 Å². The molecule has 5 N–H and O–H groups in total. The van der Waals surface area contributed by atoms with Gasteiger partial charge in [-0.15, -0.1) is 0 Å². The van der Waals surface area contributed by atoms with E-state index in [0.29, 0.717) is 0 Å². The van der Waals surface area contributed by atoms with Crippen molar-refractivity contribution < 1.29 is 29.7 Å². The Kier molecular flexibility index (Phi) is 6.04. The van der Waals surface area contributed by atoms with Crippen molar-refractivity contribution in [3.05, 3.63) is 0 Å². The SMILES string of the molecule is NCC[C@@H](C(=O)O)N(CC(=O)O)CC(=O)O. The molecule has 0 aliphatic carbocycles. The summed E-state index contributed by atoms with van der Waals surface area (Å²) in [6, 6.07) is -1.20. The number of aliphatic carboxylic acids is 3. The Morgan fingerprint density at radius 1 is 1.06 bits per heavy atom. The second-order valence-corrected chi connectivity index (χ2v) is 3.12. The smallest absolute Gasteiger partial charge is 0.320 e. The first-order valence-electron chi connectivity index (χ1n) is 4.49. The molecule has 0 saturated heterocycles. The molecule has 0 aromatic heterocycles. The second-order valence-electron chi connectivity index (χ2n) is 3.12. The number of nitrogens with zero attached hydrogens (tertiary/aromatic N) is 1. The Hall–Kier alpha value is -1.67. The molecule has 8 nitrogen and oxygen atoms in total. The summed E-state index contributed by atoms with van der Waals surface area (Å²) in [5.74, 6) is -3.86. The molecule has 0 spiro atoms. The fraction of sp³-hybridized carbons (Fsp3) is 0.625. The zero-order valence-electron chi connectivity index (χ0n) is 8.50. The van der Waals surface area contributed by atoms with E-state index in [4.69, 9.17) is 21.1 Å². The van der Waals surface area contributed by atoms with Crippen LogP contribution in [0.2, 0.25) is 0 Å². The number of rotatable bonds is 8. The lowest BCUT2D eigenvalue weighted by Crippen LogP contribution is -2.47. The summed E-state index contributed by atoms with van der Waals surface area (Å²) in [5.41, 5.74) is 5.18. The molecule has 0 radical (unpaired) electrons. The first-order valence-corrected chi connectivity index (χ1v) is 4.49. The summed E-state index contributed by atoms with van der Waals surface area (Å²) < 4.78 is 0. The fourth-order valence-electron chi connectivity index (χ4n) is 1.24. The number of hydrogen-bond acceptors (Lipinski definition) is 5. The van der Waals surface area contributed by atoms with Gasteiger partial charge in [0.1, 0.15) is 6.04 Å². The maximum Gasteiger partial charge on any atom is 0.320 e. The molecule has 1 atom stereocenters. The average molecular weight is 234 g/mol. The van der Waals surface area contributed by atoms with E-state index >= 15 is 0 Å². The summed E-state index contributed by atoms with van der Waals surface area (Å²) in [6.07, 6.45) is -0.00407. The minimum atomic E-state index is -1.29. The van der Waals surface area contributed by atoms with Crippen molar-refractivity contribution in [1.29, 1.82) is 0 Å². The molecule has 0 bridgehead atoms. The molecule has 0 unspecified atom stereocenters. The molecule has 16 heavy (non-hydrogen) atoms. The molecule has 0 heterocycles. The van der Waals surface area contributed by atoms with Crippen molar-refractivity contribution in [1.82, 2.24) is 4.90 Å². The molecule has 92 valence electrons. The Morgan fingerprint density at radius 2 is 1.50 bits per heavy atom. The lowest BCUT2D eigenvalue weighted by atomic mass is 10.1. The van der Waals surface area contributed by atoms with E-state index in [1.165, 1.54) is 0 Å². The zero-order valence-corrected chi connectivity index (χ0v) is 8.50. The van der Waals surface area contributed by atoms with Crippen LogP contribution < -0.4 is 5.73 Å². The summed E-state index contributed by atoms with van der Waals surface area (Å²) in [6.45, 7) is -1.26. The summed E-state index contributed by atoms with van der Waals surface area (Å²) in [5, 5.41) is 25.9. The van der Waals surface area contributed by atoms with Crippen LogP contribution in [0.3, 0.4) is 0 Å². The fourth-order valence-corrected chi connectivity index (χ4v) is 1.24. The van der Waals surface area contributed by atoms with Gasteiger partial charge in [-0.25, -0.2) is 0 Å². The van der Waals surface area contributed by atoms with E-state index in [1.54, 1.807) is 0 Å². The van der Waals surface area contributed by atoms with E-state index in [1.807, 2.05) is 0 Å². The van der Waals surface area contributed by atoms with Crippen molar-refractivity contribution in [2.75, 3.05) is 19.6 Å². The predicted molar refractivity (Wildman–Crippen MR) is 51.9 cm³/mol. The third kappa shape index (κ3) is 5.27. The van der Waals surface area contributed by atoms with Gasteiger partial charge in [0.15, 0.2) is 0 Å². The van der Waals surface area contributed by atoms with Crippen LogP contribution >= 0.6 is 0 Å². The van der Waals surface area contributed by atoms with Crippen molar-refractivity contribution >= 4 is 17.9 Å². The highest BCUT2D eigenvalue weighted by atomic mass is 16.4. The highest BCUT2D eigenvalue weighted by Gasteiger charge is 2.28. The van der Waals surface area contributed by atoms with Crippen LogP contribution in [-0.2, 0) is 14.4 Å². The van der Waals surface area contributed by atoms with Gasteiger partial charge in [0.05, 0.1) is 13.1 Å². The molecule has 0 aromatic rings. The van der Waals surface area contributed by atoms with Crippen molar-refractivity contribution in [3.8, 4) is 0 Å². The third-order valence-corrected chi connectivity index (χ3v) is 1.84. The van der Waals surface area contributed by atoms with Crippen LogP contribution in [-0.4, -0.2) is 63.8 Å². The quantitative estimate of drug-likeness (QED) is 0.387. The van der Waals surface area contributed by atoms with Crippen LogP contribution in [0.25, 0.3) is 0 Å². The van der Waals surface area contributed by atoms with Gasteiger partial charge in [-0.05, 0) is 13.0 Å². The van der Waals surface area contributed by atoms with Gasteiger partial charge in [0.25, 0.3) is 0 Å². The minimum Gasteiger partial charge on any atom is -0.480 e. The Bertz CT molecular complexity index is 264. The molecule has 8 heteroatoms. The average Bonchev–Trinajstić information content (AvgIpc) is 2.10. The molecule has 0 rings (SSSR count). The zero-order chi connectivity index (χ0) is 12.7. The molecular formula is C8H14N2O6. The van der Waals surface area contributed by atoms with Crippen molar-refractivity contribution in [3.63, 3.8) is 0 Å². The number of nitrogens with two attached hydrogens (primary N) is 1. The monoisotopic (exact) mass is 234 g/mol. The lowest BCUT2D eigenvalue weighted by molar-refractivity contribution is -0.149. The molecule has 0 aliphatic heterocycles. The van der Waals surface area contributed by atoms with Crippen molar-refractivity contribution in [2.45, 2.75) is 12.5 Å². The van der Waals surface area contributed by atoms with E-state index in [-0.39, 0.29) is 13.0 Å². The van der Waals surface area contributed by atoms with Crippen LogP contribution in [0.1, 0.15) is 6.42 Å². The van der Waals surface area contributed by atoms with E-state index < -0.39 is 37.0 Å². The summed E-state index contributed by atoms with van der Waals surface area (Å²) >= 11 is 0. The molecule has 0 fully saturated rings. The van der Waals surface area contributed by atoms with Crippen LogP contribution in [0.15, 0.2) is 0 Å². The normalized spacial score (nSPS) is 12.4. The van der Waals surface area contributed by atoms with E-state index in [0.717, 1.165) is 4.90 Å². The lowest BCUT2D eigenvalue weighted by Gasteiger charge is -2.24. The third-order valence-electron chi connectivity index (χ3n) is 1.84. The standard InChI is InChI=1S/C8H14N2O6/c9-2-1-5(8(15)16)10(3-6(11)12)4-7(13)14/h5H,1-4,9H2,(H,11,12)(H,13,14)(H,15,16)/t5-/m0/s1. The second kappa shape index (κ2) is 6.75. The Balaban J connectivity index is 4.72. The van der Waals surface area contributed by atoms with Crippen LogP contribution in [0.4, 0.5) is 0 Å². The number of hydrogen-bond donors (Lipinski definition) is 4. The van der Waals surface area contributed by atoms with Gasteiger partial charge in [-0.1, -0.05) is 0 Å². The maximum absolute atomic E-state index is 10.8. The Labute approximate surface area is 91.3 Å². The molecular weight excluding hydrogens is 220 g/mol. The highest BCUT2D eigenvalue weighted by Crippen LogP contribution is 2.04. The van der Waals surface area contributed by atoms with Gasteiger partial charge >= 0.3 is 17.9 Å². The topological polar surface area (TPSA) is 141 Å². The minimum absolute atomic E-state index is 0.00407. The van der Waals surface area contributed by atoms with E-state index in [9.17, 15) is 14.4 Å². The molecule has 0 aliphatic rings. The molecule has 0 saturated carbocycles. The predicted octanol–water partition coefficient (Wildman–Crippen LogP) is -1.74. The van der Waals surface area contributed by atoms with Crippen molar-refractivity contribution in [2.24, 2.45) is 5.73 Å². The molecule has 0 amide bonds. The number of carboxylic acids is 3. The summed E-state index contributed by atoms with van der Waals surface area (Å²) in [4.78, 5) is 32.6. The van der Waals surface area contributed by atoms with Crippen LogP contribution in [0, 0.1) is 0 Å². The van der Waals surface area contributed by atoms with E-state index in [2.05, 4.69) is 0 Å². The largest absolute Gasteiger partial charge is 0.480 e. The first-order chi connectivity index (χ1) is 7.38. The Morgan fingerprint density at radius 3 is 1.75 bits per heavy atom. The maximum atomic E-state index is 10.8. The van der Waals surface area contributed by atoms with Gasteiger partial charge in [-0.2, -0.15) is 0 Å². The van der Waals surface area contributed by atoms with Gasteiger partial charge in [-0.3, -0.25) is 19.3 Å². The van der Waals surface area contributed by atoms with Gasteiger partial charge in [0.2, 0.25) is 0 Å². The van der Waals surface area contributed by atoms with Gasteiger partial charge < -0.3 is 21.1 Å². The van der Waals surface area contributed by atoms with Gasteiger partial charge in [0, 0.05) is 0 Å². The highest BCUT2D eigenvalue weighted by molar-refractivity contribution is 5.78. The number of carbonyl (C=O) groups is 3.